The SMILES string of the molecule is COC(=O)c1cnc(-n2cnc(C)c2)c(OC)c1. The lowest BCUT2D eigenvalue weighted by atomic mass is 10.2. The summed E-state index contributed by atoms with van der Waals surface area (Å²) < 4.78 is 11.6. The van der Waals surface area contributed by atoms with E-state index in [-0.39, 0.29) is 0 Å². The molecule has 0 aromatic carbocycles. The molecule has 2 heterocycles. The third-order valence-corrected chi connectivity index (χ3v) is 2.43. The van der Waals surface area contributed by atoms with E-state index in [0.29, 0.717) is 17.1 Å². The summed E-state index contributed by atoms with van der Waals surface area (Å²) in [6, 6.07) is 1.59. The van der Waals surface area contributed by atoms with Gasteiger partial charge in [-0.05, 0) is 6.92 Å². The molecule has 0 unspecified atom stereocenters. The van der Waals surface area contributed by atoms with Crippen molar-refractivity contribution in [1.82, 2.24) is 14.5 Å². The minimum atomic E-state index is -0.450. The van der Waals surface area contributed by atoms with E-state index in [2.05, 4.69) is 14.7 Å². The number of carbonyl (C=O) groups excluding carboxylic acids is 1. The van der Waals surface area contributed by atoms with Crippen molar-refractivity contribution in [3.8, 4) is 11.6 Å². The highest BCUT2D eigenvalue weighted by atomic mass is 16.5. The number of methoxy groups -OCH3 is 2. The fourth-order valence-corrected chi connectivity index (χ4v) is 1.55. The molecule has 0 saturated carbocycles. The van der Waals surface area contributed by atoms with Gasteiger partial charge >= 0.3 is 5.97 Å². The van der Waals surface area contributed by atoms with Crippen LogP contribution < -0.4 is 4.74 Å². The van der Waals surface area contributed by atoms with Gasteiger partial charge in [-0.1, -0.05) is 0 Å². The molecule has 94 valence electrons. The van der Waals surface area contributed by atoms with Gasteiger partial charge in [0.2, 0.25) is 0 Å². The Balaban J connectivity index is 2.46. The van der Waals surface area contributed by atoms with E-state index in [0.717, 1.165) is 5.69 Å². The molecule has 6 nitrogen and oxygen atoms in total. The van der Waals surface area contributed by atoms with Crippen molar-refractivity contribution < 1.29 is 14.3 Å². The number of hydrogen-bond donors (Lipinski definition) is 0. The van der Waals surface area contributed by atoms with Crippen molar-refractivity contribution in [2.24, 2.45) is 0 Å². The number of rotatable bonds is 3. The number of aryl methyl sites for hydroxylation is 1. The molecule has 0 radical (unpaired) electrons. The van der Waals surface area contributed by atoms with Crippen LogP contribution in [0, 0.1) is 6.92 Å². The quantitative estimate of drug-likeness (QED) is 0.766. The van der Waals surface area contributed by atoms with Crippen molar-refractivity contribution in [2.45, 2.75) is 6.92 Å². The molecule has 0 aliphatic rings. The summed E-state index contributed by atoms with van der Waals surface area (Å²) in [6.07, 6.45) is 4.90. The third-order valence-electron chi connectivity index (χ3n) is 2.43. The summed E-state index contributed by atoms with van der Waals surface area (Å²) in [5.41, 5.74) is 1.21. The van der Waals surface area contributed by atoms with E-state index in [9.17, 15) is 4.79 Å². The molecule has 0 N–H and O–H groups in total. The smallest absolute Gasteiger partial charge is 0.339 e. The van der Waals surface area contributed by atoms with Crippen LogP contribution >= 0.6 is 0 Å². The number of carbonyl (C=O) groups is 1. The summed E-state index contributed by atoms with van der Waals surface area (Å²) in [7, 11) is 2.84. The van der Waals surface area contributed by atoms with E-state index in [4.69, 9.17) is 4.74 Å². The van der Waals surface area contributed by atoms with Gasteiger partial charge in [0, 0.05) is 18.5 Å². The molecule has 2 rings (SSSR count). The molecule has 0 amide bonds. The maximum Gasteiger partial charge on any atom is 0.339 e. The monoisotopic (exact) mass is 247 g/mol. The van der Waals surface area contributed by atoms with Crippen LogP contribution in [0.5, 0.6) is 5.75 Å². The maximum absolute atomic E-state index is 11.4. The minimum absolute atomic E-state index is 0.343. The van der Waals surface area contributed by atoms with Crippen LogP contribution in [0.3, 0.4) is 0 Å². The minimum Gasteiger partial charge on any atom is -0.493 e. The van der Waals surface area contributed by atoms with E-state index >= 15 is 0 Å². The Hall–Kier alpha value is -2.37. The summed E-state index contributed by atoms with van der Waals surface area (Å²) >= 11 is 0. The molecule has 0 atom stereocenters. The molecule has 2 aromatic rings. The summed E-state index contributed by atoms with van der Waals surface area (Å²) in [6.45, 7) is 1.88. The van der Waals surface area contributed by atoms with Gasteiger partial charge in [0.1, 0.15) is 6.33 Å². The maximum atomic E-state index is 11.4. The van der Waals surface area contributed by atoms with E-state index in [1.165, 1.54) is 20.4 Å². The van der Waals surface area contributed by atoms with Crippen LogP contribution in [0.25, 0.3) is 5.82 Å². The number of esters is 1. The normalized spacial score (nSPS) is 10.2. The topological polar surface area (TPSA) is 66.2 Å². The van der Waals surface area contributed by atoms with Gasteiger partial charge in [-0.2, -0.15) is 0 Å². The third kappa shape index (κ3) is 2.17. The number of ether oxygens (including phenoxy) is 2. The van der Waals surface area contributed by atoms with Gasteiger partial charge in [-0.25, -0.2) is 14.8 Å². The first-order valence-corrected chi connectivity index (χ1v) is 5.29. The van der Waals surface area contributed by atoms with E-state index in [1.54, 1.807) is 17.0 Å². The average molecular weight is 247 g/mol. The lowest BCUT2D eigenvalue weighted by molar-refractivity contribution is 0.0600. The zero-order valence-electron chi connectivity index (χ0n) is 10.4. The molecular weight excluding hydrogens is 234 g/mol. The molecule has 2 aromatic heterocycles. The second-order valence-electron chi connectivity index (χ2n) is 3.66. The highest BCUT2D eigenvalue weighted by molar-refractivity contribution is 5.89. The second kappa shape index (κ2) is 4.87. The fourth-order valence-electron chi connectivity index (χ4n) is 1.55. The van der Waals surface area contributed by atoms with Crippen molar-refractivity contribution in [1.29, 1.82) is 0 Å². The zero-order chi connectivity index (χ0) is 13.1. The van der Waals surface area contributed by atoms with Crippen molar-refractivity contribution in [3.63, 3.8) is 0 Å². The fraction of sp³-hybridized carbons (Fsp3) is 0.250. The van der Waals surface area contributed by atoms with Gasteiger partial charge in [-0.15, -0.1) is 0 Å². The molecule has 0 fully saturated rings. The first-order valence-electron chi connectivity index (χ1n) is 5.29. The molecular formula is C12H13N3O3. The van der Waals surface area contributed by atoms with Gasteiger partial charge in [0.05, 0.1) is 25.5 Å². The van der Waals surface area contributed by atoms with E-state index < -0.39 is 5.97 Å². The van der Waals surface area contributed by atoms with Gasteiger partial charge in [-0.3, -0.25) is 4.57 Å². The highest BCUT2D eigenvalue weighted by Gasteiger charge is 2.13. The molecule has 18 heavy (non-hydrogen) atoms. The van der Waals surface area contributed by atoms with E-state index in [1.807, 2.05) is 13.1 Å². The molecule has 0 aliphatic heterocycles. The van der Waals surface area contributed by atoms with Crippen LogP contribution in [0.4, 0.5) is 0 Å². The predicted octanol–water partition coefficient (Wildman–Crippen LogP) is 1.37. The largest absolute Gasteiger partial charge is 0.493 e. The Kier molecular flexibility index (Phi) is 3.27. The Morgan fingerprint density at radius 1 is 1.33 bits per heavy atom. The summed E-state index contributed by atoms with van der Waals surface area (Å²) in [4.78, 5) is 19.7. The Morgan fingerprint density at radius 2 is 2.11 bits per heavy atom. The first kappa shape index (κ1) is 12.1. The summed E-state index contributed by atoms with van der Waals surface area (Å²) in [5.74, 6) is 0.607. The van der Waals surface area contributed by atoms with Crippen molar-refractivity contribution in [2.75, 3.05) is 14.2 Å². The highest BCUT2D eigenvalue weighted by Crippen LogP contribution is 2.22. The molecule has 0 saturated heterocycles. The van der Waals surface area contributed by atoms with Crippen LogP contribution in [-0.2, 0) is 4.74 Å². The Labute approximate surface area is 104 Å². The lowest BCUT2D eigenvalue weighted by Crippen LogP contribution is -2.05. The Morgan fingerprint density at radius 3 is 2.67 bits per heavy atom. The number of pyridine rings is 1. The standard InChI is InChI=1S/C12H13N3O3/c1-8-6-15(7-14-8)11-10(17-2)4-9(5-13-11)12(16)18-3/h4-7H,1-3H3. The average Bonchev–Trinajstić information content (AvgIpc) is 2.83. The molecule has 0 bridgehead atoms. The molecule has 0 spiro atoms. The number of aromatic nitrogens is 3. The Bertz CT molecular complexity index is 578. The van der Waals surface area contributed by atoms with Crippen LogP contribution in [0.15, 0.2) is 24.8 Å². The summed E-state index contributed by atoms with van der Waals surface area (Å²) in [5, 5.41) is 0. The van der Waals surface area contributed by atoms with Crippen molar-refractivity contribution >= 4 is 5.97 Å². The van der Waals surface area contributed by atoms with Crippen molar-refractivity contribution in [3.05, 3.63) is 36.0 Å². The second-order valence-corrected chi connectivity index (χ2v) is 3.66. The zero-order valence-corrected chi connectivity index (χ0v) is 10.4. The van der Waals surface area contributed by atoms with Gasteiger partial charge in [0.25, 0.3) is 0 Å². The van der Waals surface area contributed by atoms with Crippen LogP contribution in [0.2, 0.25) is 0 Å². The van der Waals surface area contributed by atoms with Gasteiger partial charge in [0.15, 0.2) is 11.6 Å². The predicted molar refractivity (Wildman–Crippen MR) is 64.0 cm³/mol. The molecule has 0 aliphatic carbocycles. The lowest BCUT2D eigenvalue weighted by Gasteiger charge is -2.09. The van der Waals surface area contributed by atoms with Crippen LogP contribution in [0.1, 0.15) is 16.1 Å². The van der Waals surface area contributed by atoms with Gasteiger partial charge < -0.3 is 9.47 Å². The molecule has 6 heteroatoms. The number of nitrogens with zero attached hydrogens (tertiary/aromatic N) is 3. The number of hydrogen-bond acceptors (Lipinski definition) is 5. The van der Waals surface area contributed by atoms with Crippen LogP contribution in [-0.4, -0.2) is 34.7 Å². The number of imidazole rings is 1. The first-order chi connectivity index (χ1) is 8.65.